The molecule has 19 heavy (non-hydrogen) atoms. The highest BCUT2D eigenvalue weighted by Gasteiger charge is 2.46. The second kappa shape index (κ2) is 4.96. The standard InChI is InChI=1S/C14H21N3O2/c1-19-12-4-2-6-14(12)7-3-9-17(10-14)13(18)11-5-8-15-16-11/h5,8,12H,2-4,6-7,9-10H2,1H3,(H,15,16)/t12-,14+/m1/s1. The van der Waals surface area contributed by atoms with Gasteiger partial charge >= 0.3 is 0 Å². The molecule has 0 bridgehead atoms. The van der Waals surface area contributed by atoms with Gasteiger partial charge in [-0.15, -0.1) is 0 Å². The first-order valence-electron chi connectivity index (χ1n) is 7.07. The summed E-state index contributed by atoms with van der Waals surface area (Å²) in [6.45, 7) is 1.67. The van der Waals surface area contributed by atoms with E-state index in [4.69, 9.17) is 4.74 Å². The lowest BCUT2D eigenvalue weighted by atomic mass is 9.76. The number of hydrogen-bond donors (Lipinski definition) is 1. The third-order valence-corrected chi connectivity index (χ3v) is 4.74. The Labute approximate surface area is 113 Å². The van der Waals surface area contributed by atoms with E-state index in [1.165, 1.54) is 19.3 Å². The van der Waals surface area contributed by atoms with Gasteiger partial charge in [0.05, 0.1) is 6.10 Å². The number of carbonyl (C=O) groups is 1. The molecule has 0 aromatic carbocycles. The second-order valence-electron chi connectivity index (χ2n) is 5.78. The largest absolute Gasteiger partial charge is 0.381 e. The molecule has 5 nitrogen and oxygen atoms in total. The lowest BCUT2D eigenvalue weighted by molar-refractivity contribution is -0.0296. The molecule has 1 aliphatic heterocycles. The van der Waals surface area contributed by atoms with Crippen LogP contribution in [-0.2, 0) is 4.74 Å². The molecule has 0 radical (unpaired) electrons. The third kappa shape index (κ3) is 2.16. The predicted octanol–water partition coefficient (Wildman–Crippen LogP) is 1.83. The minimum Gasteiger partial charge on any atom is -0.381 e. The molecule has 0 unspecified atom stereocenters. The molecule has 1 aliphatic carbocycles. The summed E-state index contributed by atoms with van der Waals surface area (Å²) in [5.74, 6) is 0.0679. The number of methoxy groups -OCH3 is 1. The van der Waals surface area contributed by atoms with Gasteiger partial charge in [0.25, 0.3) is 5.91 Å². The van der Waals surface area contributed by atoms with E-state index in [1.54, 1.807) is 19.4 Å². The summed E-state index contributed by atoms with van der Waals surface area (Å²) in [4.78, 5) is 14.4. The Morgan fingerprint density at radius 3 is 3.11 bits per heavy atom. The van der Waals surface area contributed by atoms with Crippen molar-refractivity contribution in [3.63, 3.8) is 0 Å². The zero-order chi connectivity index (χ0) is 13.3. The van der Waals surface area contributed by atoms with Gasteiger partial charge in [0.1, 0.15) is 5.69 Å². The van der Waals surface area contributed by atoms with Gasteiger partial charge in [-0.05, 0) is 31.7 Å². The molecule has 5 heteroatoms. The molecule has 3 rings (SSSR count). The summed E-state index contributed by atoms with van der Waals surface area (Å²) in [5, 5.41) is 6.63. The number of hydrogen-bond acceptors (Lipinski definition) is 3. The summed E-state index contributed by atoms with van der Waals surface area (Å²) >= 11 is 0. The quantitative estimate of drug-likeness (QED) is 0.885. The van der Waals surface area contributed by atoms with Crippen molar-refractivity contribution >= 4 is 5.91 Å². The Bertz CT molecular complexity index is 446. The van der Waals surface area contributed by atoms with Gasteiger partial charge in [-0.3, -0.25) is 9.89 Å². The average molecular weight is 263 g/mol. The van der Waals surface area contributed by atoms with Crippen molar-refractivity contribution < 1.29 is 9.53 Å². The molecule has 1 amide bonds. The molecular formula is C14H21N3O2. The smallest absolute Gasteiger partial charge is 0.271 e. The predicted molar refractivity (Wildman–Crippen MR) is 70.8 cm³/mol. The van der Waals surface area contributed by atoms with Crippen molar-refractivity contribution in [3.05, 3.63) is 18.0 Å². The van der Waals surface area contributed by atoms with E-state index in [1.807, 2.05) is 4.90 Å². The average Bonchev–Trinajstić information content (AvgIpc) is 3.08. The number of aromatic nitrogens is 2. The molecule has 2 heterocycles. The third-order valence-electron chi connectivity index (χ3n) is 4.74. The highest BCUT2D eigenvalue weighted by atomic mass is 16.5. The number of H-pyrrole nitrogens is 1. The van der Waals surface area contributed by atoms with Crippen LogP contribution in [-0.4, -0.2) is 47.3 Å². The van der Waals surface area contributed by atoms with E-state index in [2.05, 4.69) is 10.2 Å². The summed E-state index contributed by atoms with van der Waals surface area (Å²) in [5.41, 5.74) is 0.770. The number of amides is 1. The molecule has 1 aromatic rings. The Morgan fingerprint density at radius 1 is 1.53 bits per heavy atom. The molecule has 1 saturated carbocycles. The van der Waals surface area contributed by atoms with Crippen LogP contribution >= 0.6 is 0 Å². The van der Waals surface area contributed by atoms with Crippen LogP contribution in [0.25, 0.3) is 0 Å². The van der Waals surface area contributed by atoms with Crippen LogP contribution < -0.4 is 0 Å². The summed E-state index contributed by atoms with van der Waals surface area (Å²) < 4.78 is 5.67. The van der Waals surface area contributed by atoms with Gasteiger partial charge in [-0.25, -0.2) is 0 Å². The Balaban J connectivity index is 1.76. The zero-order valence-electron chi connectivity index (χ0n) is 11.4. The van der Waals surface area contributed by atoms with Crippen molar-refractivity contribution in [2.24, 2.45) is 5.41 Å². The number of aromatic amines is 1. The molecule has 104 valence electrons. The van der Waals surface area contributed by atoms with Gasteiger partial charge < -0.3 is 9.64 Å². The van der Waals surface area contributed by atoms with E-state index >= 15 is 0 Å². The Kier molecular flexibility index (Phi) is 3.31. The number of rotatable bonds is 2. The summed E-state index contributed by atoms with van der Waals surface area (Å²) in [6.07, 6.45) is 7.70. The zero-order valence-corrected chi connectivity index (χ0v) is 11.4. The number of nitrogens with zero attached hydrogens (tertiary/aromatic N) is 2. The fourth-order valence-electron chi connectivity index (χ4n) is 3.82. The number of piperidine rings is 1. The van der Waals surface area contributed by atoms with Gasteiger partial charge in [0.15, 0.2) is 0 Å². The molecular weight excluding hydrogens is 242 g/mol. The van der Waals surface area contributed by atoms with Crippen LogP contribution in [0.15, 0.2) is 12.3 Å². The molecule has 1 spiro atoms. The van der Waals surface area contributed by atoms with E-state index in [0.717, 1.165) is 25.9 Å². The van der Waals surface area contributed by atoms with Crippen molar-refractivity contribution in [3.8, 4) is 0 Å². The van der Waals surface area contributed by atoms with Crippen molar-refractivity contribution in [1.82, 2.24) is 15.1 Å². The summed E-state index contributed by atoms with van der Waals surface area (Å²) in [7, 11) is 1.80. The van der Waals surface area contributed by atoms with Crippen LogP contribution in [0.1, 0.15) is 42.6 Å². The molecule has 2 atom stereocenters. The van der Waals surface area contributed by atoms with Crippen LogP contribution in [0.5, 0.6) is 0 Å². The molecule has 1 saturated heterocycles. The van der Waals surface area contributed by atoms with Gasteiger partial charge in [-0.2, -0.15) is 5.10 Å². The van der Waals surface area contributed by atoms with Crippen molar-refractivity contribution in [1.29, 1.82) is 0 Å². The van der Waals surface area contributed by atoms with E-state index in [9.17, 15) is 4.79 Å². The highest BCUT2D eigenvalue weighted by molar-refractivity contribution is 5.92. The molecule has 1 aromatic heterocycles. The molecule has 1 N–H and O–H groups in total. The minimum atomic E-state index is 0.0679. The minimum absolute atomic E-state index is 0.0679. The SMILES string of the molecule is CO[C@@H]1CCC[C@@]12CCCN(C(=O)c1ccn[nH]1)C2. The number of likely N-dealkylation sites (tertiary alicyclic amines) is 1. The fourth-order valence-corrected chi connectivity index (χ4v) is 3.82. The van der Waals surface area contributed by atoms with E-state index in [0.29, 0.717) is 11.8 Å². The summed E-state index contributed by atoms with van der Waals surface area (Å²) in [6, 6.07) is 1.74. The number of nitrogens with one attached hydrogen (secondary N) is 1. The highest BCUT2D eigenvalue weighted by Crippen LogP contribution is 2.46. The second-order valence-corrected chi connectivity index (χ2v) is 5.78. The van der Waals surface area contributed by atoms with Crippen LogP contribution in [0.2, 0.25) is 0 Å². The van der Waals surface area contributed by atoms with Crippen LogP contribution in [0, 0.1) is 5.41 Å². The van der Waals surface area contributed by atoms with Crippen molar-refractivity contribution in [2.75, 3.05) is 20.2 Å². The lowest BCUT2D eigenvalue weighted by Gasteiger charge is -2.43. The maximum absolute atomic E-state index is 12.4. The Hall–Kier alpha value is -1.36. The lowest BCUT2D eigenvalue weighted by Crippen LogP contribution is -2.49. The van der Waals surface area contributed by atoms with E-state index in [-0.39, 0.29) is 11.3 Å². The maximum atomic E-state index is 12.4. The van der Waals surface area contributed by atoms with Crippen molar-refractivity contribution in [2.45, 2.75) is 38.2 Å². The first kappa shape index (κ1) is 12.7. The first-order chi connectivity index (χ1) is 9.25. The van der Waals surface area contributed by atoms with Gasteiger partial charge in [0.2, 0.25) is 0 Å². The van der Waals surface area contributed by atoms with Gasteiger partial charge in [-0.1, -0.05) is 6.42 Å². The first-order valence-corrected chi connectivity index (χ1v) is 7.07. The maximum Gasteiger partial charge on any atom is 0.271 e. The topological polar surface area (TPSA) is 58.2 Å². The monoisotopic (exact) mass is 263 g/mol. The number of ether oxygens (including phenoxy) is 1. The Morgan fingerprint density at radius 2 is 2.37 bits per heavy atom. The van der Waals surface area contributed by atoms with E-state index < -0.39 is 0 Å². The van der Waals surface area contributed by atoms with Crippen LogP contribution in [0.4, 0.5) is 0 Å². The molecule has 2 fully saturated rings. The fraction of sp³-hybridized carbons (Fsp3) is 0.714. The molecule has 2 aliphatic rings. The number of carbonyl (C=O) groups excluding carboxylic acids is 1. The van der Waals surface area contributed by atoms with Gasteiger partial charge in [0, 0.05) is 31.8 Å². The normalized spacial score (nSPS) is 31.0. The van der Waals surface area contributed by atoms with Crippen LogP contribution in [0.3, 0.4) is 0 Å².